The number of nitrogens with zero attached hydrogens (tertiary/aromatic N) is 1. The van der Waals surface area contributed by atoms with Crippen molar-refractivity contribution in [1.82, 2.24) is 0 Å². The summed E-state index contributed by atoms with van der Waals surface area (Å²) >= 11 is 1.02. The standard InChI is InChI=1S/C12H10N2O5S2/c1-7-10(12(15)18-2)8(6-13)11(19-7)14-21(16,17)9-4-3-5-20-9/h3-5,14H,1-2H3. The van der Waals surface area contributed by atoms with Crippen LogP contribution in [-0.4, -0.2) is 21.5 Å². The van der Waals surface area contributed by atoms with E-state index in [1.807, 2.05) is 0 Å². The highest BCUT2D eigenvalue weighted by atomic mass is 32.2. The summed E-state index contributed by atoms with van der Waals surface area (Å²) in [7, 11) is -2.71. The van der Waals surface area contributed by atoms with Crippen molar-refractivity contribution in [3.8, 4) is 6.07 Å². The molecule has 0 spiro atoms. The van der Waals surface area contributed by atoms with Crippen LogP contribution in [0.4, 0.5) is 5.88 Å². The zero-order valence-electron chi connectivity index (χ0n) is 11.0. The fraction of sp³-hybridized carbons (Fsp3) is 0.167. The predicted octanol–water partition coefficient (Wildman–Crippen LogP) is 2.11. The Balaban J connectivity index is 2.48. The molecule has 0 saturated carbocycles. The number of hydrogen-bond donors (Lipinski definition) is 1. The number of ether oxygens (including phenoxy) is 1. The molecule has 0 aromatic carbocycles. The lowest BCUT2D eigenvalue weighted by Gasteiger charge is -2.03. The molecule has 0 fully saturated rings. The summed E-state index contributed by atoms with van der Waals surface area (Å²) in [6.45, 7) is 1.44. The molecule has 2 aromatic heterocycles. The Kier molecular flexibility index (Phi) is 4.02. The number of rotatable bonds is 4. The van der Waals surface area contributed by atoms with Gasteiger partial charge in [-0.05, 0) is 18.4 Å². The molecule has 0 unspecified atom stereocenters. The highest BCUT2D eigenvalue weighted by Gasteiger charge is 2.27. The zero-order chi connectivity index (χ0) is 15.6. The van der Waals surface area contributed by atoms with Gasteiger partial charge in [-0.25, -0.2) is 17.9 Å². The first-order valence-electron chi connectivity index (χ1n) is 5.59. The molecule has 2 aromatic rings. The van der Waals surface area contributed by atoms with Crippen LogP contribution in [0.25, 0.3) is 0 Å². The molecule has 7 nitrogen and oxygen atoms in total. The zero-order valence-corrected chi connectivity index (χ0v) is 12.7. The summed E-state index contributed by atoms with van der Waals surface area (Å²) in [4.78, 5) is 11.6. The Bertz CT molecular complexity index is 813. The van der Waals surface area contributed by atoms with Gasteiger partial charge >= 0.3 is 5.97 Å². The maximum absolute atomic E-state index is 12.1. The highest BCUT2D eigenvalue weighted by Crippen LogP contribution is 2.29. The van der Waals surface area contributed by atoms with E-state index in [0.29, 0.717) is 0 Å². The quantitative estimate of drug-likeness (QED) is 0.862. The monoisotopic (exact) mass is 326 g/mol. The van der Waals surface area contributed by atoms with Gasteiger partial charge in [0.1, 0.15) is 27.2 Å². The van der Waals surface area contributed by atoms with E-state index in [1.54, 1.807) is 17.5 Å². The second-order valence-electron chi connectivity index (χ2n) is 3.88. The third-order valence-corrected chi connectivity index (χ3v) is 5.30. The van der Waals surface area contributed by atoms with Crippen LogP contribution in [0.3, 0.4) is 0 Å². The van der Waals surface area contributed by atoms with Gasteiger partial charge in [0.25, 0.3) is 10.0 Å². The molecule has 0 radical (unpaired) electrons. The van der Waals surface area contributed by atoms with E-state index in [4.69, 9.17) is 9.68 Å². The smallest absolute Gasteiger partial charge is 0.342 e. The van der Waals surface area contributed by atoms with Gasteiger partial charge in [-0.1, -0.05) is 6.07 Å². The van der Waals surface area contributed by atoms with Crippen LogP contribution in [0.5, 0.6) is 0 Å². The minimum absolute atomic E-state index is 0.0695. The predicted molar refractivity (Wildman–Crippen MR) is 74.6 cm³/mol. The van der Waals surface area contributed by atoms with Crippen LogP contribution in [0.15, 0.2) is 26.1 Å². The fourth-order valence-corrected chi connectivity index (χ4v) is 3.65. The fourth-order valence-electron chi connectivity index (χ4n) is 1.66. The van der Waals surface area contributed by atoms with Crippen LogP contribution in [0, 0.1) is 18.3 Å². The van der Waals surface area contributed by atoms with Crippen LogP contribution < -0.4 is 4.72 Å². The normalized spacial score (nSPS) is 10.9. The summed E-state index contributed by atoms with van der Waals surface area (Å²) in [5.41, 5.74) is -0.302. The number of thiophene rings is 1. The van der Waals surface area contributed by atoms with E-state index >= 15 is 0 Å². The number of nitrogens with one attached hydrogen (secondary N) is 1. The van der Waals surface area contributed by atoms with Crippen molar-refractivity contribution in [2.75, 3.05) is 11.8 Å². The van der Waals surface area contributed by atoms with E-state index in [0.717, 1.165) is 18.4 Å². The molecule has 21 heavy (non-hydrogen) atoms. The number of anilines is 1. The molecule has 1 N–H and O–H groups in total. The third-order valence-electron chi connectivity index (χ3n) is 2.57. The molecule has 0 aliphatic heterocycles. The third kappa shape index (κ3) is 2.76. The van der Waals surface area contributed by atoms with Gasteiger partial charge in [-0.3, -0.25) is 0 Å². The topological polar surface area (TPSA) is 109 Å². The lowest BCUT2D eigenvalue weighted by atomic mass is 10.1. The van der Waals surface area contributed by atoms with Gasteiger partial charge < -0.3 is 9.15 Å². The first kappa shape index (κ1) is 15.1. The van der Waals surface area contributed by atoms with E-state index in [9.17, 15) is 13.2 Å². The van der Waals surface area contributed by atoms with Gasteiger partial charge in [0.2, 0.25) is 5.88 Å². The SMILES string of the molecule is COC(=O)c1c(C)oc(NS(=O)(=O)c2cccs2)c1C#N. The van der Waals surface area contributed by atoms with Gasteiger partial charge in [-0.15, -0.1) is 11.3 Å². The van der Waals surface area contributed by atoms with E-state index in [-0.39, 0.29) is 27.0 Å². The second-order valence-corrected chi connectivity index (χ2v) is 6.74. The molecule has 0 saturated heterocycles. The second kappa shape index (κ2) is 5.59. The van der Waals surface area contributed by atoms with Crippen molar-refractivity contribution in [3.63, 3.8) is 0 Å². The highest BCUT2D eigenvalue weighted by molar-refractivity contribution is 7.94. The molecule has 0 aliphatic rings. The minimum atomic E-state index is -3.87. The van der Waals surface area contributed by atoms with Gasteiger partial charge in [0.15, 0.2) is 0 Å². The molecule has 2 rings (SSSR count). The molecule has 9 heteroatoms. The van der Waals surface area contributed by atoms with E-state index in [2.05, 4.69) is 9.46 Å². The molecular weight excluding hydrogens is 316 g/mol. The van der Waals surface area contributed by atoms with Gasteiger partial charge in [0, 0.05) is 0 Å². The number of nitriles is 1. The summed E-state index contributed by atoms with van der Waals surface area (Å²) in [6.07, 6.45) is 0. The lowest BCUT2D eigenvalue weighted by molar-refractivity contribution is 0.0598. The van der Waals surface area contributed by atoms with Crippen molar-refractivity contribution in [2.45, 2.75) is 11.1 Å². The lowest BCUT2D eigenvalue weighted by Crippen LogP contribution is -2.12. The van der Waals surface area contributed by atoms with Crippen molar-refractivity contribution in [3.05, 3.63) is 34.4 Å². The Morgan fingerprint density at radius 3 is 2.76 bits per heavy atom. The minimum Gasteiger partial charge on any atom is -0.465 e. The molecule has 0 bridgehead atoms. The summed E-state index contributed by atoms with van der Waals surface area (Å²) in [5, 5.41) is 10.7. The average molecular weight is 326 g/mol. The van der Waals surface area contributed by atoms with E-state index in [1.165, 1.54) is 13.0 Å². The first-order valence-corrected chi connectivity index (χ1v) is 7.95. The first-order chi connectivity index (χ1) is 9.90. The number of carbonyl (C=O) groups excluding carboxylic acids is 1. The van der Waals surface area contributed by atoms with Crippen molar-refractivity contribution < 1.29 is 22.4 Å². The number of hydrogen-bond acceptors (Lipinski definition) is 7. The van der Waals surface area contributed by atoms with Crippen molar-refractivity contribution in [1.29, 1.82) is 5.26 Å². The van der Waals surface area contributed by atoms with Crippen LogP contribution in [-0.2, 0) is 14.8 Å². The van der Waals surface area contributed by atoms with Crippen LogP contribution in [0.1, 0.15) is 21.7 Å². The Morgan fingerprint density at radius 2 is 2.24 bits per heavy atom. The summed E-state index contributed by atoms with van der Waals surface area (Å²) in [6, 6.07) is 4.74. The Morgan fingerprint density at radius 1 is 1.52 bits per heavy atom. The van der Waals surface area contributed by atoms with Crippen LogP contribution in [0.2, 0.25) is 0 Å². The Labute approximate surface area is 124 Å². The van der Waals surface area contributed by atoms with E-state index < -0.39 is 16.0 Å². The maximum Gasteiger partial charge on any atom is 0.342 e. The molecule has 110 valence electrons. The molecular formula is C12H10N2O5S2. The number of methoxy groups -OCH3 is 1. The number of esters is 1. The summed E-state index contributed by atoms with van der Waals surface area (Å²) < 4.78 is 36.2. The maximum atomic E-state index is 12.1. The number of carbonyl (C=O) groups is 1. The Hall–Kier alpha value is -2.31. The van der Waals surface area contributed by atoms with Crippen molar-refractivity contribution >= 4 is 33.2 Å². The van der Waals surface area contributed by atoms with Gasteiger partial charge in [-0.2, -0.15) is 5.26 Å². The van der Waals surface area contributed by atoms with Crippen molar-refractivity contribution in [2.24, 2.45) is 0 Å². The number of aryl methyl sites for hydroxylation is 1. The molecule has 0 aliphatic carbocycles. The average Bonchev–Trinajstić information content (AvgIpc) is 3.05. The van der Waals surface area contributed by atoms with Crippen LogP contribution >= 0.6 is 11.3 Å². The molecule has 2 heterocycles. The molecule has 0 amide bonds. The number of sulfonamides is 1. The van der Waals surface area contributed by atoms with Gasteiger partial charge in [0.05, 0.1) is 7.11 Å². The summed E-state index contributed by atoms with van der Waals surface area (Å²) in [5.74, 6) is -0.972. The number of furan rings is 1. The molecule has 0 atom stereocenters. The largest absolute Gasteiger partial charge is 0.465 e.